The van der Waals surface area contributed by atoms with Gasteiger partial charge in [0.15, 0.2) is 0 Å². The molecule has 0 saturated carbocycles. The fraction of sp³-hybridized carbons (Fsp3) is 0.111. The standard InChI is InChI=1S/C18H16ClN3O5/c1-11-4-2-3-5-14(11)21-17(25)18(26)22-20-9-12-6-7-15(13(19)8-12)27-10-16(23)24/h2-9H,10H2,1H3,(H,21,25)(H,22,26)(H,23,24)/p-1/b20-9-. The van der Waals surface area contributed by atoms with Gasteiger partial charge in [0, 0.05) is 5.69 Å². The SMILES string of the molecule is Cc1ccccc1NC(=O)C(=O)N/N=C\c1ccc(OCC(=O)[O-])c(Cl)c1. The van der Waals surface area contributed by atoms with E-state index >= 15 is 0 Å². The maximum atomic E-state index is 11.8. The molecule has 2 N–H and O–H groups in total. The molecule has 0 aliphatic heterocycles. The second kappa shape index (κ2) is 9.35. The third-order valence-corrected chi connectivity index (χ3v) is 3.58. The number of ether oxygens (including phenoxy) is 1. The summed E-state index contributed by atoms with van der Waals surface area (Å²) in [6.45, 7) is 1.18. The fourth-order valence-corrected chi connectivity index (χ4v) is 2.20. The third kappa shape index (κ3) is 6.12. The monoisotopic (exact) mass is 388 g/mol. The summed E-state index contributed by atoms with van der Waals surface area (Å²) in [6.07, 6.45) is 1.27. The molecule has 0 bridgehead atoms. The number of aliphatic carboxylic acids is 1. The molecule has 0 atom stereocenters. The number of amides is 2. The second-order valence-corrected chi connectivity index (χ2v) is 5.73. The molecule has 9 heteroatoms. The molecular weight excluding hydrogens is 374 g/mol. The predicted molar refractivity (Wildman–Crippen MR) is 97.5 cm³/mol. The van der Waals surface area contributed by atoms with Gasteiger partial charge in [-0.2, -0.15) is 5.10 Å². The molecule has 2 rings (SSSR count). The Kier molecular flexibility index (Phi) is 6.90. The Hall–Kier alpha value is -3.39. The molecule has 27 heavy (non-hydrogen) atoms. The maximum absolute atomic E-state index is 11.8. The van der Waals surface area contributed by atoms with Gasteiger partial charge in [-0.05, 0) is 42.3 Å². The molecule has 0 aliphatic rings. The summed E-state index contributed by atoms with van der Waals surface area (Å²) in [4.78, 5) is 34.0. The van der Waals surface area contributed by atoms with E-state index in [2.05, 4.69) is 15.8 Å². The van der Waals surface area contributed by atoms with Crippen LogP contribution in [0, 0.1) is 6.92 Å². The molecule has 2 aromatic carbocycles. The first-order chi connectivity index (χ1) is 12.9. The second-order valence-electron chi connectivity index (χ2n) is 5.32. The van der Waals surface area contributed by atoms with E-state index in [1.165, 1.54) is 18.3 Å². The van der Waals surface area contributed by atoms with Gasteiger partial charge in [0.05, 0.1) is 17.2 Å². The Bertz CT molecular complexity index is 898. The number of halogens is 1. The predicted octanol–water partition coefficient (Wildman–Crippen LogP) is 0.866. The number of carboxylic acids is 1. The van der Waals surface area contributed by atoms with Gasteiger partial charge in [0.2, 0.25) is 0 Å². The molecule has 0 saturated heterocycles. The molecule has 8 nitrogen and oxygen atoms in total. The Balaban J connectivity index is 1.91. The van der Waals surface area contributed by atoms with E-state index in [1.54, 1.807) is 31.2 Å². The van der Waals surface area contributed by atoms with E-state index in [0.29, 0.717) is 11.3 Å². The van der Waals surface area contributed by atoms with Crippen LogP contribution in [0.25, 0.3) is 0 Å². The number of carbonyl (C=O) groups excluding carboxylic acids is 3. The van der Waals surface area contributed by atoms with E-state index < -0.39 is 24.4 Å². The van der Waals surface area contributed by atoms with Crippen LogP contribution >= 0.6 is 11.6 Å². The quantitative estimate of drug-likeness (QED) is 0.432. The third-order valence-electron chi connectivity index (χ3n) is 3.28. The minimum absolute atomic E-state index is 0.156. The number of rotatable bonds is 6. The zero-order chi connectivity index (χ0) is 19.8. The Labute approximate surface area is 159 Å². The van der Waals surface area contributed by atoms with Crippen molar-refractivity contribution in [1.82, 2.24) is 5.43 Å². The minimum Gasteiger partial charge on any atom is -0.546 e. The Morgan fingerprint density at radius 3 is 2.59 bits per heavy atom. The number of nitrogens with zero attached hydrogens (tertiary/aromatic N) is 1. The lowest BCUT2D eigenvalue weighted by Gasteiger charge is -2.08. The molecule has 0 aliphatic carbocycles. The Morgan fingerprint density at radius 1 is 1.19 bits per heavy atom. The largest absolute Gasteiger partial charge is 0.546 e. The molecule has 0 aromatic heterocycles. The van der Waals surface area contributed by atoms with Crippen LogP contribution in [0.15, 0.2) is 47.6 Å². The van der Waals surface area contributed by atoms with Crippen LogP contribution in [0.3, 0.4) is 0 Å². The van der Waals surface area contributed by atoms with Crippen LogP contribution in [-0.4, -0.2) is 30.6 Å². The summed E-state index contributed by atoms with van der Waals surface area (Å²) in [5.41, 5.74) is 3.95. The molecule has 0 spiro atoms. The highest BCUT2D eigenvalue weighted by Gasteiger charge is 2.13. The number of carbonyl (C=O) groups is 3. The average Bonchev–Trinajstić information content (AvgIpc) is 2.62. The summed E-state index contributed by atoms with van der Waals surface area (Å²) in [7, 11) is 0. The van der Waals surface area contributed by atoms with Crippen molar-refractivity contribution in [3.8, 4) is 5.75 Å². The number of aryl methyl sites for hydroxylation is 1. The van der Waals surface area contributed by atoms with Gasteiger partial charge in [-0.25, -0.2) is 5.43 Å². The van der Waals surface area contributed by atoms with Crippen LogP contribution in [0.2, 0.25) is 5.02 Å². The van der Waals surface area contributed by atoms with Crippen molar-refractivity contribution in [3.63, 3.8) is 0 Å². The first-order valence-electron chi connectivity index (χ1n) is 7.69. The first-order valence-corrected chi connectivity index (χ1v) is 8.07. The number of nitrogens with one attached hydrogen (secondary N) is 2. The van der Waals surface area contributed by atoms with Gasteiger partial charge in [0.1, 0.15) is 12.4 Å². The molecule has 0 heterocycles. The molecule has 2 aromatic rings. The van der Waals surface area contributed by atoms with Crippen molar-refractivity contribution >= 4 is 41.3 Å². The minimum atomic E-state index is -1.37. The fourth-order valence-electron chi connectivity index (χ4n) is 1.96. The molecule has 0 unspecified atom stereocenters. The van der Waals surface area contributed by atoms with E-state index in [1.807, 2.05) is 6.07 Å². The highest BCUT2D eigenvalue weighted by Crippen LogP contribution is 2.24. The van der Waals surface area contributed by atoms with Crippen molar-refractivity contribution in [1.29, 1.82) is 0 Å². The van der Waals surface area contributed by atoms with Gasteiger partial charge < -0.3 is 20.0 Å². The van der Waals surface area contributed by atoms with Crippen molar-refractivity contribution in [3.05, 3.63) is 58.6 Å². The average molecular weight is 389 g/mol. The van der Waals surface area contributed by atoms with Crippen molar-refractivity contribution in [2.75, 3.05) is 11.9 Å². The summed E-state index contributed by atoms with van der Waals surface area (Å²) < 4.78 is 4.93. The van der Waals surface area contributed by atoms with Crippen LogP contribution in [0.4, 0.5) is 5.69 Å². The van der Waals surface area contributed by atoms with Crippen molar-refractivity contribution < 1.29 is 24.2 Å². The van der Waals surface area contributed by atoms with Gasteiger partial charge in [-0.3, -0.25) is 9.59 Å². The van der Waals surface area contributed by atoms with Crippen LogP contribution in [0.1, 0.15) is 11.1 Å². The lowest BCUT2D eigenvalue weighted by Crippen LogP contribution is -2.32. The topological polar surface area (TPSA) is 120 Å². The van der Waals surface area contributed by atoms with Gasteiger partial charge in [-0.1, -0.05) is 29.8 Å². The summed E-state index contributed by atoms with van der Waals surface area (Å²) in [5, 5.41) is 16.7. The lowest BCUT2D eigenvalue weighted by molar-refractivity contribution is -0.307. The number of hydrogen-bond acceptors (Lipinski definition) is 6. The van der Waals surface area contributed by atoms with Gasteiger partial charge in [0.25, 0.3) is 0 Å². The molecular formula is C18H15ClN3O5-. The van der Waals surface area contributed by atoms with E-state index in [9.17, 15) is 19.5 Å². The lowest BCUT2D eigenvalue weighted by atomic mass is 10.2. The zero-order valence-electron chi connectivity index (χ0n) is 14.2. The number of para-hydroxylation sites is 1. The number of benzene rings is 2. The number of hydrazone groups is 1. The van der Waals surface area contributed by atoms with Crippen molar-refractivity contribution in [2.24, 2.45) is 5.10 Å². The van der Waals surface area contributed by atoms with E-state index in [0.717, 1.165) is 5.56 Å². The highest BCUT2D eigenvalue weighted by molar-refractivity contribution is 6.39. The number of anilines is 1. The Morgan fingerprint density at radius 2 is 1.93 bits per heavy atom. The molecule has 0 fully saturated rings. The van der Waals surface area contributed by atoms with Crippen LogP contribution < -0.4 is 20.6 Å². The van der Waals surface area contributed by atoms with Crippen molar-refractivity contribution in [2.45, 2.75) is 6.92 Å². The maximum Gasteiger partial charge on any atom is 0.329 e. The van der Waals surface area contributed by atoms with E-state index in [-0.39, 0.29) is 10.8 Å². The number of hydrogen-bond donors (Lipinski definition) is 2. The van der Waals surface area contributed by atoms with Gasteiger partial charge in [-0.15, -0.1) is 0 Å². The van der Waals surface area contributed by atoms with Crippen LogP contribution in [-0.2, 0) is 14.4 Å². The zero-order valence-corrected chi connectivity index (χ0v) is 14.9. The molecule has 0 radical (unpaired) electrons. The van der Waals surface area contributed by atoms with Crippen LogP contribution in [0.5, 0.6) is 5.75 Å². The number of carboxylic acid groups (broad SMARTS) is 1. The summed E-state index contributed by atoms with van der Waals surface area (Å²) in [6, 6.07) is 11.5. The molecule has 140 valence electrons. The summed E-state index contributed by atoms with van der Waals surface area (Å²) >= 11 is 5.96. The van der Waals surface area contributed by atoms with Gasteiger partial charge >= 0.3 is 11.8 Å². The van der Waals surface area contributed by atoms with E-state index in [4.69, 9.17) is 16.3 Å². The smallest absolute Gasteiger partial charge is 0.329 e. The normalized spacial score (nSPS) is 10.4. The summed E-state index contributed by atoms with van der Waals surface area (Å²) in [5.74, 6) is -3.00. The first kappa shape index (κ1) is 19.9. The highest BCUT2D eigenvalue weighted by atomic mass is 35.5. The molecule has 2 amide bonds.